The van der Waals surface area contributed by atoms with E-state index in [1.165, 1.54) is 0 Å². The summed E-state index contributed by atoms with van der Waals surface area (Å²) in [6.07, 6.45) is 4.14. The Balaban J connectivity index is 2.20. The topological polar surface area (TPSA) is 73.8 Å². The first-order valence-electron chi connectivity index (χ1n) is 7.65. The van der Waals surface area contributed by atoms with Crippen LogP contribution in [0.2, 0.25) is 5.28 Å². The number of para-hydroxylation sites is 1. The number of carbonyl (C=O) groups excluding carboxylic acids is 1. The number of hydrogen-bond donors (Lipinski definition) is 1. The minimum absolute atomic E-state index is 0.179. The van der Waals surface area contributed by atoms with E-state index in [1.54, 1.807) is 6.20 Å². The number of benzene rings is 1. The van der Waals surface area contributed by atoms with Gasteiger partial charge in [-0.1, -0.05) is 32.0 Å². The van der Waals surface area contributed by atoms with Gasteiger partial charge >= 0.3 is 0 Å². The first kappa shape index (κ1) is 16.5. The van der Waals surface area contributed by atoms with E-state index in [2.05, 4.69) is 16.0 Å². The molecule has 5 nitrogen and oxygen atoms in total. The molecule has 124 valence electrons. The molecule has 2 N–H and O–H groups in total. The van der Waals surface area contributed by atoms with Crippen molar-refractivity contribution in [2.75, 3.05) is 0 Å². The maximum Gasteiger partial charge on any atom is 0.223 e. The molecule has 3 rings (SSSR count). The Bertz CT molecular complexity index is 930. The van der Waals surface area contributed by atoms with Gasteiger partial charge in [0.1, 0.15) is 0 Å². The van der Waals surface area contributed by atoms with Crippen LogP contribution in [0, 0.1) is 5.41 Å². The van der Waals surface area contributed by atoms with Gasteiger partial charge in [-0.05, 0) is 29.7 Å². The highest BCUT2D eigenvalue weighted by Gasteiger charge is 2.28. The molecule has 1 aromatic carbocycles. The smallest absolute Gasteiger partial charge is 0.223 e. The molecule has 0 aliphatic carbocycles. The summed E-state index contributed by atoms with van der Waals surface area (Å²) in [5.41, 5.74) is 8.47. The third kappa shape index (κ3) is 2.87. The van der Waals surface area contributed by atoms with Gasteiger partial charge in [-0.3, -0.25) is 4.79 Å². The molecule has 0 unspecified atom stereocenters. The number of aryl methyl sites for hydroxylation is 1. The minimum Gasteiger partial charge on any atom is -0.369 e. The van der Waals surface area contributed by atoms with Crippen LogP contribution in [-0.4, -0.2) is 20.4 Å². The standard InChI is InChI=1S/C18H19ClN4O/c1-18(2,16(20)24)8-11-9-21-17(19)22-15(11)13-10-23(3)14-7-5-4-6-12(13)14/h4-7,9-10H,8H2,1-3H3,(H2,20,24). The summed E-state index contributed by atoms with van der Waals surface area (Å²) in [6.45, 7) is 3.63. The summed E-state index contributed by atoms with van der Waals surface area (Å²) in [7, 11) is 1.99. The Kier molecular flexibility index (Phi) is 4.05. The zero-order valence-electron chi connectivity index (χ0n) is 13.9. The van der Waals surface area contributed by atoms with Gasteiger partial charge in [0.2, 0.25) is 11.2 Å². The largest absolute Gasteiger partial charge is 0.369 e. The summed E-state index contributed by atoms with van der Waals surface area (Å²) in [5, 5.41) is 1.26. The second-order valence-electron chi connectivity index (χ2n) is 6.61. The lowest BCUT2D eigenvalue weighted by Gasteiger charge is -2.21. The van der Waals surface area contributed by atoms with Crippen molar-refractivity contribution in [1.29, 1.82) is 0 Å². The van der Waals surface area contributed by atoms with Crippen LogP contribution >= 0.6 is 11.6 Å². The van der Waals surface area contributed by atoms with Crippen molar-refractivity contribution in [3.63, 3.8) is 0 Å². The number of carbonyl (C=O) groups is 1. The molecule has 0 atom stereocenters. The van der Waals surface area contributed by atoms with Gasteiger partial charge in [0, 0.05) is 41.3 Å². The molecule has 1 amide bonds. The molecule has 0 saturated heterocycles. The SMILES string of the molecule is Cn1cc(-c2nc(Cl)ncc2CC(C)(C)C(N)=O)c2ccccc21. The predicted molar refractivity (Wildman–Crippen MR) is 95.6 cm³/mol. The number of nitrogens with zero attached hydrogens (tertiary/aromatic N) is 3. The van der Waals surface area contributed by atoms with Crippen LogP contribution in [-0.2, 0) is 18.3 Å². The first-order chi connectivity index (χ1) is 11.3. The molecule has 24 heavy (non-hydrogen) atoms. The third-order valence-corrected chi connectivity index (χ3v) is 4.47. The molecule has 0 radical (unpaired) electrons. The molecule has 0 aliphatic heterocycles. The molecule has 0 aliphatic rings. The van der Waals surface area contributed by atoms with Crippen LogP contribution in [0.1, 0.15) is 19.4 Å². The number of amides is 1. The van der Waals surface area contributed by atoms with Crippen LogP contribution < -0.4 is 5.73 Å². The maximum absolute atomic E-state index is 11.7. The predicted octanol–water partition coefficient (Wildman–Crippen LogP) is 3.34. The fourth-order valence-corrected chi connectivity index (χ4v) is 2.97. The minimum atomic E-state index is -0.698. The molecule has 0 fully saturated rings. The van der Waals surface area contributed by atoms with Gasteiger partial charge in [-0.2, -0.15) is 0 Å². The first-order valence-corrected chi connectivity index (χ1v) is 8.03. The number of primary amides is 1. The Morgan fingerprint density at radius 2 is 2.04 bits per heavy atom. The molecule has 0 saturated carbocycles. The third-order valence-electron chi connectivity index (χ3n) is 4.29. The average molecular weight is 343 g/mol. The van der Waals surface area contributed by atoms with E-state index in [1.807, 2.05) is 49.9 Å². The normalized spacial score (nSPS) is 11.8. The Hall–Kier alpha value is -2.40. The fourth-order valence-electron chi connectivity index (χ4n) is 2.84. The van der Waals surface area contributed by atoms with Crippen LogP contribution in [0.5, 0.6) is 0 Å². The summed E-state index contributed by atoms with van der Waals surface area (Å²) in [4.78, 5) is 20.2. The quantitative estimate of drug-likeness (QED) is 0.739. The van der Waals surface area contributed by atoms with Crippen LogP contribution in [0.15, 0.2) is 36.7 Å². The zero-order chi connectivity index (χ0) is 17.5. The molecule has 3 aromatic rings. The molecule has 0 bridgehead atoms. The summed E-state index contributed by atoms with van der Waals surface area (Å²) >= 11 is 6.04. The summed E-state index contributed by atoms with van der Waals surface area (Å²) in [6, 6.07) is 8.08. The number of fused-ring (bicyclic) bond motifs is 1. The molecule has 2 aromatic heterocycles. The van der Waals surface area contributed by atoms with Crippen molar-refractivity contribution < 1.29 is 4.79 Å². The van der Waals surface area contributed by atoms with Crippen LogP contribution in [0.4, 0.5) is 0 Å². The number of hydrogen-bond acceptors (Lipinski definition) is 3. The van der Waals surface area contributed by atoms with E-state index in [4.69, 9.17) is 17.3 Å². The average Bonchev–Trinajstić information content (AvgIpc) is 2.86. The van der Waals surface area contributed by atoms with Crippen molar-refractivity contribution in [3.05, 3.63) is 47.5 Å². The maximum atomic E-state index is 11.7. The monoisotopic (exact) mass is 342 g/mol. The van der Waals surface area contributed by atoms with E-state index < -0.39 is 5.41 Å². The number of rotatable bonds is 4. The molecule has 6 heteroatoms. The lowest BCUT2D eigenvalue weighted by Crippen LogP contribution is -2.33. The molecule has 2 heterocycles. The fraction of sp³-hybridized carbons (Fsp3) is 0.278. The second kappa shape index (κ2) is 5.91. The summed E-state index contributed by atoms with van der Waals surface area (Å²) < 4.78 is 2.05. The van der Waals surface area contributed by atoms with Crippen LogP contribution in [0.25, 0.3) is 22.2 Å². The van der Waals surface area contributed by atoms with E-state index in [0.717, 1.165) is 27.7 Å². The molecule has 0 spiro atoms. The van der Waals surface area contributed by atoms with Gasteiger partial charge < -0.3 is 10.3 Å². The highest BCUT2D eigenvalue weighted by atomic mass is 35.5. The Labute approximate surface area is 145 Å². The van der Waals surface area contributed by atoms with E-state index in [0.29, 0.717) is 6.42 Å². The molecular formula is C18H19ClN4O. The Morgan fingerprint density at radius 3 is 2.75 bits per heavy atom. The number of nitrogens with two attached hydrogens (primary N) is 1. The van der Waals surface area contributed by atoms with Crippen molar-refractivity contribution in [2.24, 2.45) is 18.2 Å². The van der Waals surface area contributed by atoms with Gasteiger partial charge in [0.15, 0.2) is 0 Å². The van der Waals surface area contributed by atoms with E-state index in [9.17, 15) is 4.79 Å². The molecular weight excluding hydrogens is 324 g/mol. The van der Waals surface area contributed by atoms with Crippen molar-refractivity contribution in [3.8, 4) is 11.3 Å². The lowest BCUT2D eigenvalue weighted by molar-refractivity contribution is -0.125. The van der Waals surface area contributed by atoms with E-state index in [-0.39, 0.29) is 11.2 Å². The highest BCUT2D eigenvalue weighted by molar-refractivity contribution is 6.28. The van der Waals surface area contributed by atoms with Crippen LogP contribution in [0.3, 0.4) is 0 Å². The van der Waals surface area contributed by atoms with Gasteiger partial charge in [-0.15, -0.1) is 0 Å². The van der Waals surface area contributed by atoms with E-state index >= 15 is 0 Å². The Morgan fingerprint density at radius 1 is 1.33 bits per heavy atom. The second-order valence-corrected chi connectivity index (χ2v) is 6.95. The number of aromatic nitrogens is 3. The van der Waals surface area contributed by atoms with Gasteiger partial charge in [0.05, 0.1) is 5.69 Å². The zero-order valence-corrected chi connectivity index (χ0v) is 14.6. The van der Waals surface area contributed by atoms with Crippen molar-refractivity contribution >= 4 is 28.4 Å². The summed E-state index contributed by atoms with van der Waals surface area (Å²) in [5.74, 6) is -0.360. The van der Waals surface area contributed by atoms with Crippen molar-refractivity contribution in [2.45, 2.75) is 20.3 Å². The highest BCUT2D eigenvalue weighted by Crippen LogP contribution is 2.34. The van der Waals surface area contributed by atoms with Gasteiger partial charge in [0.25, 0.3) is 0 Å². The van der Waals surface area contributed by atoms with Gasteiger partial charge in [-0.25, -0.2) is 9.97 Å². The lowest BCUT2D eigenvalue weighted by atomic mass is 9.84. The number of halogens is 1. The van der Waals surface area contributed by atoms with Crippen molar-refractivity contribution in [1.82, 2.24) is 14.5 Å².